The van der Waals surface area contributed by atoms with E-state index < -0.39 is 0 Å². The number of nitrogens with two attached hydrogens (primary N) is 1. The third kappa shape index (κ3) is 1.81. The van der Waals surface area contributed by atoms with Gasteiger partial charge in [0.1, 0.15) is 0 Å². The summed E-state index contributed by atoms with van der Waals surface area (Å²) in [6.45, 7) is 0.0266. The summed E-state index contributed by atoms with van der Waals surface area (Å²) < 4.78 is 0. The molecule has 1 aromatic rings. The molecule has 0 radical (unpaired) electrons. The molecule has 14 heavy (non-hydrogen) atoms. The quantitative estimate of drug-likeness (QED) is 0.745. The second-order valence-electron chi connectivity index (χ2n) is 4.02. The van der Waals surface area contributed by atoms with Gasteiger partial charge in [-0.3, -0.25) is 0 Å². The number of fused-ring (bicyclic) bond motifs is 1. The number of hydrogen-bond donors (Lipinski definition) is 2. The molecule has 1 aliphatic carbocycles. The number of aliphatic hydroxyl groups is 1. The first kappa shape index (κ1) is 9.69. The van der Waals surface area contributed by atoms with Gasteiger partial charge in [-0.15, -0.1) is 0 Å². The second kappa shape index (κ2) is 4.11. The number of hydrogen-bond acceptors (Lipinski definition) is 2. The first-order valence-corrected chi connectivity index (χ1v) is 5.29. The fourth-order valence-corrected chi connectivity index (χ4v) is 2.09. The average molecular weight is 191 g/mol. The number of aliphatic hydroxyl groups excluding tert-OH is 1. The zero-order chi connectivity index (χ0) is 9.97. The molecule has 0 spiro atoms. The lowest BCUT2D eigenvalue weighted by Gasteiger charge is -2.18. The van der Waals surface area contributed by atoms with E-state index in [1.54, 1.807) is 0 Å². The van der Waals surface area contributed by atoms with Crippen LogP contribution in [0, 0.1) is 0 Å². The minimum Gasteiger partial charge on any atom is -0.394 e. The molecule has 1 aliphatic rings. The summed E-state index contributed by atoms with van der Waals surface area (Å²) in [6.07, 6.45) is 4.95. The summed E-state index contributed by atoms with van der Waals surface area (Å²) in [5.74, 6) is 0. The Hall–Kier alpha value is -0.860. The number of aryl methyl sites for hydroxylation is 2. The van der Waals surface area contributed by atoms with Crippen molar-refractivity contribution in [3.8, 4) is 0 Å². The fourth-order valence-electron chi connectivity index (χ4n) is 2.09. The van der Waals surface area contributed by atoms with Crippen LogP contribution in [0.25, 0.3) is 0 Å². The molecule has 2 rings (SSSR count). The zero-order valence-electron chi connectivity index (χ0n) is 8.37. The molecule has 1 aromatic carbocycles. The van der Waals surface area contributed by atoms with E-state index >= 15 is 0 Å². The molecule has 0 aromatic heterocycles. The molecule has 0 saturated heterocycles. The minimum atomic E-state index is -0.220. The smallest absolute Gasteiger partial charge is 0.0624 e. The van der Waals surface area contributed by atoms with Gasteiger partial charge in [-0.05, 0) is 42.4 Å². The van der Waals surface area contributed by atoms with Gasteiger partial charge in [0.15, 0.2) is 0 Å². The Balaban J connectivity index is 2.29. The number of rotatable bonds is 2. The van der Waals surface area contributed by atoms with Crippen molar-refractivity contribution < 1.29 is 5.11 Å². The Bertz CT molecular complexity index is 322. The molecule has 0 amide bonds. The Morgan fingerprint density at radius 1 is 1.21 bits per heavy atom. The van der Waals surface area contributed by atoms with Gasteiger partial charge in [-0.2, -0.15) is 0 Å². The van der Waals surface area contributed by atoms with Crippen LogP contribution in [-0.2, 0) is 12.8 Å². The van der Waals surface area contributed by atoms with Crippen LogP contribution in [0.2, 0.25) is 0 Å². The van der Waals surface area contributed by atoms with Crippen molar-refractivity contribution in [2.45, 2.75) is 31.7 Å². The molecular formula is C12H17NO. The van der Waals surface area contributed by atoms with Gasteiger partial charge in [-0.1, -0.05) is 18.2 Å². The highest BCUT2D eigenvalue weighted by Gasteiger charge is 2.11. The summed E-state index contributed by atoms with van der Waals surface area (Å²) in [4.78, 5) is 0. The average Bonchev–Trinajstić information content (AvgIpc) is 2.27. The number of benzene rings is 1. The van der Waals surface area contributed by atoms with E-state index in [9.17, 15) is 0 Å². The third-order valence-electron chi connectivity index (χ3n) is 3.00. The van der Waals surface area contributed by atoms with Crippen LogP contribution >= 0.6 is 0 Å². The molecule has 3 N–H and O–H groups in total. The van der Waals surface area contributed by atoms with Crippen molar-refractivity contribution in [1.29, 1.82) is 0 Å². The van der Waals surface area contributed by atoms with Gasteiger partial charge >= 0.3 is 0 Å². The Morgan fingerprint density at radius 2 is 1.93 bits per heavy atom. The standard InChI is InChI=1S/C12H17NO/c13-12(8-14)11-6-5-9-3-1-2-4-10(9)7-11/h5-7,12,14H,1-4,8,13H2. The molecule has 0 heterocycles. The van der Waals surface area contributed by atoms with Crippen LogP contribution in [0.1, 0.15) is 35.6 Å². The van der Waals surface area contributed by atoms with Crippen LogP contribution in [0.4, 0.5) is 0 Å². The molecule has 1 unspecified atom stereocenters. The summed E-state index contributed by atoms with van der Waals surface area (Å²) in [7, 11) is 0. The molecule has 0 fully saturated rings. The van der Waals surface area contributed by atoms with Crippen molar-refractivity contribution in [3.05, 3.63) is 34.9 Å². The topological polar surface area (TPSA) is 46.2 Å². The van der Waals surface area contributed by atoms with Gasteiger partial charge in [-0.25, -0.2) is 0 Å². The predicted molar refractivity (Wildman–Crippen MR) is 57.1 cm³/mol. The van der Waals surface area contributed by atoms with E-state index in [1.165, 1.54) is 36.8 Å². The van der Waals surface area contributed by atoms with Crippen LogP contribution in [0.15, 0.2) is 18.2 Å². The Kier molecular flexibility index (Phi) is 2.85. The van der Waals surface area contributed by atoms with Crippen molar-refractivity contribution >= 4 is 0 Å². The SMILES string of the molecule is NC(CO)c1ccc2c(c1)CCCC2. The van der Waals surface area contributed by atoms with E-state index in [1.807, 2.05) is 6.07 Å². The highest BCUT2D eigenvalue weighted by molar-refractivity contribution is 5.35. The van der Waals surface area contributed by atoms with Crippen LogP contribution in [0.5, 0.6) is 0 Å². The van der Waals surface area contributed by atoms with Crippen molar-refractivity contribution in [3.63, 3.8) is 0 Å². The normalized spacial score (nSPS) is 17.6. The lowest BCUT2D eigenvalue weighted by molar-refractivity contribution is 0.268. The maximum absolute atomic E-state index is 8.97. The van der Waals surface area contributed by atoms with Crippen molar-refractivity contribution in [1.82, 2.24) is 0 Å². The van der Waals surface area contributed by atoms with E-state index in [0.29, 0.717) is 0 Å². The van der Waals surface area contributed by atoms with E-state index in [2.05, 4.69) is 12.1 Å². The van der Waals surface area contributed by atoms with Gasteiger partial charge in [0.05, 0.1) is 12.6 Å². The maximum atomic E-state index is 8.97. The van der Waals surface area contributed by atoms with Crippen LogP contribution in [0.3, 0.4) is 0 Å². The van der Waals surface area contributed by atoms with Crippen molar-refractivity contribution in [2.24, 2.45) is 5.73 Å². The largest absolute Gasteiger partial charge is 0.394 e. The lowest BCUT2D eigenvalue weighted by atomic mass is 9.89. The highest BCUT2D eigenvalue weighted by atomic mass is 16.3. The first-order chi connectivity index (χ1) is 6.81. The van der Waals surface area contributed by atoms with Gasteiger partial charge < -0.3 is 10.8 Å². The van der Waals surface area contributed by atoms with Gasteiger partial charge in [0.25, 0.3) is 0 Å². The second-order valence-corrected chi connectivity index (χ2v) is 4.02. The summed E-state index contributed by atoms with van der Waals surface area (Å²) in [6, 6.07) is 6.15. The monoisotopic (exact) mass is 191 g/mol. The van der Waals surface area contributed by atoms with Gasteiger partial charge in [0, 0.05) is 0 Å². The van der Waals surface area contributed by atoms with E-state index in [0.717, 1.165) is 5.56 Å². The van der Waals surface area contributed by atoms with Crippen LogP contribution < -0.4 is 5.73 Å². The predicted octanol–water partition coefficient (Wildman–Crippen LogP) is 1.56. The van der Waals surface area contributed by atoms with Crippen molar-refractivity contribution in [2.75, 3.05) is 6.61 Å². The zero-order valence-corrected chi connectivity index (χ0v) is 8.37. The molecule has 0 aliphatic heterocycles. The maximum Gasteiger partial charge on any atom is 0.0624 e. The molecule has 2 heteroatoms. The first-order valence-electron chi connectivity index (χ1n) is 5.29. The fraction of sp³-hybridized carbons (Fsp3) is 0.500. The molecule has 2 nitrogen and oxygen atoms in total. The third-order valence-corrected chi connectivity index (χ3v) is 3.00. The van der Waals surface area contributed by atoms with Crippen LogP contribution in [-0.4, -0.2) is 11.7 Å². The lowest BCUT2D eigenvalue weighted by Crippen LogP contribution is -2.15. The van der Waals surface area contributed by atoms with Gasteiger partial charge in [0.2, 0.25) is 0 Å². The molecule has 0 saturated carbocycles. The van der Waals surface area contributed by atoms with E-state index in [4.69, 9.17) is 10.8 Å². The molecular weight excluding hydrogens is 174 g/mol. The van der Waals surface area contributed by atoms with E-state index in [-0.39, 0.29) is 12.6 Å². The molecule has 0 bridgehead atoms. The Labute approximate surface area is 84.7 Å². The summed E-state index contributed by atoms with van der Waals surface area (Å²) >= 11 is 0. The highest BCUT2D eigenvalue weighted by Crippen LogP contribution is 2.23. The summed E-state index contributed by atoms with van der Waals surface area (Å²) in [5.41, 5.74) is 9.73. The molecule has 1 atom stereocenters. The Morgan fingerprint density at radius 3 is 2.64 bits per heavy atom. The summed E-state index contributed by atoms with van der Waals surface area (Å²) in [5, 5.41) is 8.97. The minimum absolute atomic E-state index is 0.0266. The molecule has 76 valence electrons.